The van der Waals surface area contributed by atoms with Gasteiger partial charge < -0.3 is 9.30 Å². The molecule has 0 aliphatic heterocycles. The van der Waals surface area contributed by atoms with E-state index >= 15 is 0 Å². The molecule has 0 unspecified atom stereocenters. The molecule has 0 N–H and O–H groups in total. The molecular formula is C13H14N2O2. The summed E-state index contributed by atoms with van der Waals surface area (Å²) in [5.41, 5.74) is 2.40. The number of imidazole rings is 1. The number of aromatic nitrogens is 2. The van der Waals surface area contributed by atoms with E-state index in [2.05, 4.69) is 11.6 Å². The minimum atomic E-state index is -0.352. The maximum atomic E-state index is 11.2. The van der Waals surface area contributed by atoms with Gasteiger partial charge in [0.25, 0.3) is 0 Å². The molecule has 0 radical (unpaired) electrons. The molecule has 2 aromatic rings. The second kappa shape index (κ2) is 4.82. The molecule has 4 nitrogen and oxygen atoms in total. The maximum absolute atomic E-state index is 11.2. The summed E-state index contributed by atoms with van der Waals surface area (Å²) in [5.74, 6) is -0.352. The lowest BCUT2D eigenvalue weighted by Crippen LogP contribution is -2.11. The molecule has 0 amide bonds. The van der Waals surface area contributed by atoms with Crippen LogP contribution in [0.25, 0.3) is 11.0 Å². The molecule has 0 aliphatic carbocycles. The zero-order chi connectivity index (χ0) is 12.3. The van der Waals surface area contributed by atoms with Crippen molar-refractivity contribution in [3.05, 3.63) is 42.7 Å². The molecule has 2 rings (SSSR count). The highest BCUT2D eigenvalue weighted by atomic mass is 16.5. The minimum absolute atomic E-state index is 0.325. The van der Waals surface area contributed by atoms with Crippen molar-refractivity contribution in [3.8, 4) is 0 Å². The number of benzene rings is 1. The third-order valence-electron chi connectivity index (χ3n) is 2.44. The maximum Gasteiger partial charge on any atom is 0.333 e. The van der Waals surface area contributed by atoms with E-state index < -0.39 is 0 Å². The second-order valence-electron chi connectivity index (χ2n) is 3.84. The third kappa shape index (κ3) is 2.53. The Hall–Kier alpha value is -2.10. The topological polar surface area (TPSA) is 44.1 Å². The Balaban J connectivity index is 2.00. The molecule has 0 saturated carbocycles. The van der Waals surface area contributed by atoms with E-state index in [1.54, 1.807) is 13.3 Å². The summed E-state index contributed by atoms with van der Waals surface area (Å²) in [4.78, 5) is 15.4. The highest BCUT2D eigenvalue weighted by Gasteiger charge is 2.04. The van der Waals surface area contributed by atoms with E-state index in [0.717, 1.165) is 11.0 Å². The number of ether oxygens (including phenoxy) is 1. The van der Waals surface area contributed by atoms with Crippen molar-refractivity contribution in [1.29, 1.82) is 0 Å². The van der Waals surface area contributed by atoms with E-state index in [9.17, 15) is 4.79 Å². The summed E-state index contributed by atoms with van der Waals surface area (Å²) in [6, 6.07) is 7.84. The van der Waals surface area contributed by atoms with Crippen LogP contribution in [0.15, 0.2) is 42.7 Å². The van der Waals surface area contributed by atoms with Crippen LogP contribution in [0.4, 0.5) is 0 Å². The van der Waals surface area contributed by atoms with E-state index in [0.29, 0.717) is 18.7 Å². The number of nitrogens with zero attached hydrogens (tertiary/aromatic N) is 2. The van der Waals surface area contributed by atoms with E-state index in [1.807, 2.05) is 28.8 Å². The van der Waals surface area contributed by atoms with Gasteiger partial charge in [0.15, 0.2) is 0 Å². The van der Waals surface area contributed by atoms with Gasteiger partial charge in [-0.1, -0.05) is 18.7 Å². The zero-order valence-corrected chi connectivity index (χ0v) is 9.72. The summed E-state index contributed by atoms with van der Waals surface area (Å²) in [7, 11) is 0. The summed E-state index contributed by atoms with van der Waals surface area (Å²) in [6.45, 7) is 6.08. The molecule has 17 heavy (non-hydrogen) atoms. The Morgan fingerprint density at radius 2 is 2.24 bits per heavy atom. The fourth-order valence-electron chi connectivity index (χ4n) is 1.55. The van der Waals surface area contributed by atoms with Crippen LogP contribution in [0.5, 0.6) is 0 Å². The summed E-state index contributed by atoms with van der Waals surface area (Å²) < 4.78 is 7.00. The van der Waals surface area contributed by atoms with Gasteiger partial charge in [-0.05, 0) is 19.1 Å². The van der Waals surface area contributed by atoms with Crippen molar-refractivity contribution < 1.29 is 9.53 Å². The summed E-state index contributed by atoms with van der Waals surface area (Å²) in [5, 5.41) is 0. The van der Waals surface area contributed by atoms with Gasteiger partial charge in [0.2, 0.25) is 0 Å². The first kappa shape index (κ1) is 11.4. The standard InChI is InChI=1S/C13H14N2O2/c1-10(2)13(16)17-8-7-15-9-14-11-5-3-4-6-12(11)15/h3-6,9H,1,7-8H2,2H3. The van der Waals surface area contributed by atoms with Gasteiger partial charge in [0, 0.05) is 5.57 Å². The zero-order valence-electron chi connectivity index (χ0n) is 9.72. The van der Waals surface area contributed by atoms with Gasteiger partial charge in [-0.3, -0.25) is 0 Å². The quantitative estimate of drug-likeness (QED) is 0.597. The molecular weight excluding hydrogens is 216 g/mol. The number of carbonyl (C=O) groups is 1. The number of hydrogen-bond donors (Lipinski definition) is 0. The molecule has 0 aliphatic rings. The number of carbonyl (C=O) groups excluding carboxylic acids is 1. The Bertz CT molecular complexity index is 557. The van der Waals surface area contributed by atoms with Gasteiger partial charge in [-0.2, -0.15) is 0 Å². The number of fused-ring (bicyclic) bond motifs is 1. The summed E-state index contributed by atoms with van der Waals surface area (Å²) >= 11 is 0. The van der Waals surface area contributed by atoms with Gasteiger partial charge in [0.05, 0.1) is 23.9 Å². The Kier molecular flexibility index (Phi) is 3.23. The average Bonchev–Trinajstić information content (AvgIpc) is 2.72. The van der Waals surface area contributed by atoms with Crippen molar-refractivity contribution in [1.82, 2.24) is 9.55 Å². The number of hydrogen-bond acceptors (Lipinski definition) is 3. The molecule has 88 valence electrons. The second-order valence-corrected chi connectivity index (χ2v) is 3.84. The van der Waals surface area contributed by atoms with Gasteiger partial charge in [0.1, 0.15) is 6.61 Å². The molecule has 1 aromatic heterocycles. The van der Waals surface area contributed by atoms with Gasteiger partial charge >= 0.3 is 5.97 Å². The highest BCUT2D eigenvalue weighted by Crippen LogP contribution is 2.11. The molecule has 0 atom stereocenters. The van der Waals surface area contributed by atoms with Crippen LogP contribution in [0.1, 0.15) is 6.92 Å². The highest BCUT2D eigenvalue weighted by molar-refractivity contribution is 5.86. The Labute approximate surface area is 99.5 Å². The number of esters is 1. The van der Waals surface area contributed by atoms with Gasteiger partial charge in [-0.25, -0.2) is 9.78 Å². The lowest BCUT2D eigenvalue weighted by Gasteiger charge is -2.05. The van der Waals surface area contributed by atoms with Crippen LogP contribution < -0.4 is 0 Å². The first-order chi connectivity index (χ1) is 8.18. The van der Waals surface area contributed by atoms with Crippen LogP contribution in [-0.2, 0) is 16.1 Å². The lowest BCUT2D eigenvalue weighted by atomic mass is 10.3. The normalized spacial score (nSPS) is 10.4. The monoisotopic (exact) mass is 230 g/mol. The molecule has 0 saturated heterocycles. The molecule has 1 aromatic carbocycles. The first-order valence-electron chi connectivity index (χ1n) is 5.41. The third-order valence-corrected chi connectivity index (χ3v) is 2.44. The van der Waals surface area contributed by atoms with Crippen molar-refractivity contribution >= 4 is 17.0 Å². The van der Waals surface area contributed by atoms with Crippen molar-refractivity contribution in [3.63, 3.8) is 0 Å². The molecule has 0 spiro atoms. The van der Waals surface area contributed by atoms with Crippen molar-refractivity contribution in [2.24, 2.45) is 0 Å². The molecule has 0 bridgehead atoms. The predicted octanol–water partition coefficient (Wildman–Crippen LogP) is 2.16. The van der Waals surface area contributed by atoms with Crippen molar-refractivity contribution in [2.45, 2.75) is 13.5 Å². The summed E-state index contributed by atoms with van der Waals surface area (Å²) in [6.07, 6.45) is 1.75. The number of rotatable bonds is 4. The van der Waals surface area contributed by atoms with Crippen LogP contribution >= 0.6 is 0 Å². The molecule has 0 fully saturated rings. The molecule has 1 heterocycles. The fraction of sp³-hybridized carbons (Fsp3) is 0.231. The fourth-order valence-corrected chi connectivity index (χ4v) is 1.55. The Morgan fingerprint density at radius 3 is 3.00 bits per heavy atom. The minimum Gasteiger partial charge on any atom is -0.460 e. The van der Waals surface area contributed by atoms with Crippen LogP contribution in [0, 0.1) is 0 Å². The van der Waals surface area contributed by atoms with E-state index in [1.165, 1.54) is 0 Å². The molecule has 4 heteroatoms. The van der Waals surface area contributed by atoms with Gasteiger partial charge in [-0.15, -0.1) is 0 Å². The lowest BCUT2D eigenvalue weighted by molar-refractivity contribution is -0.139. The van der Waals surface area contributed by atoms with E-state index in [-0.39, 0.29) is 5.97 Å². The average molecular weight is 230 g/mol. The van der Waals surface area contributed by atoms with Crippen molar-refractivity contribution in [2.75, 3.05) is 6.61 Å². The predicted molar refractivity (Wildman–Crippen MR) is 65.5 cm³/mol. The largest absolute Gasteiger partial charge is 0.460 e. The van der Waals surface area contributed by atoms with Crippen LogP contribution in [0.3, 0.4) is 0 Å². The first-order valence-corrected chi connectivity index (χ1v) is 5.41. The SMILES string of the molecule is C=C(C)C(=O)OCCn1cnc2ccccc21. The smallest absolute Gasteiger partial charge is 0.333 e. The Morgan fingerprint density at radius 1 is 1.47 bits per heavy atom. The number of para-hydroxylation sites is 2. The van der Waals surface area contributed by atoms with E-state index in [4.69, 9.17) is 4.74 Å². The van der Waals surface area contributed by atoms with Crippen LogP contribution in [0.2, 0.25) is 0 Å². The van der Waals surface area contributed by atoms with Crippen LogP contribution in [-0.4, -0.2) is 22.1 Å².